The molecule has 1 aromatic carbocycles. The van der Waals surface area contributed by atoms with Crippen molar-refractivity contribution in [3.05, 3.63) is 29.3 Å². The predicted octanol–water partition coefficient (Wildman–Crippen LogP) is 2.27. The molecule has 4 nitrogen and oxygen atoms in total. The molecule has 1 N–H and O–H groups in total. The molecule has 0 heterocycles. The summed E-state index contributed by atoms with van der Waals surface area (Å²) in [7, 11) is 3.47. The van der Waals surface area contributed by atoms with Gasteiger partial charge in [0.1, 0.15) is 5.75 Å². The number of nitrogens with zero attached hydrogens (tertiary/aromatic N) is 1. The minimum absolute atomic E-state index is 0.757. The smallest absolute Gasteiger partial charge is 0.123 e. The van der Waals surface area contributed by atoms with Crippen molar-refractivity contribution >= 4 is 0 Å². The summed E-state index contributed by atoms with van der Waals surface area (Å²) in [5, 5.41) is 3.36. The molecule has 1 rings (SSSR count). The Morgan fingerprint density at radius 3 is 2.60 bits per heavy atom. The molecular weight excluding hydrogens is 252 g/mol. The molecule has 0 radical (unpaired) electrons. The van der Waals surface area contributed by atoms with E-state index in [0.29, 0.717) is 0 Å². The summed E-state index contributed by atoms with van der Waals surface area (Å²) < 4.78 is 10.6. The van der Waals surface area contributed by atoms with Gasteiger partial charge in [-0.25, -0.2) is 0 Å². The van der Waals surface area contributed by atoms with Crippen LogP contribution in [0.2, 0.25) is 0 Å². The maximum absolute atomic E-state index is 5.48. The van der Waals surface area contributed by atoms with Crippen LogP contribution < -0.4 is 10.1 Å². The highest BCUT2D eigenvalue weighted by Crippen LogP contribution is 2.21. The Hall–Kier alpha value is -1.10. The third-order valence-corrected chi connectivity index (χ3v) is 3.38. The Kier molecular flexibility index (Phi) is 8.26. The van der Waals surface area contributed by atoms with Gasteiger partial charge < -0.3 is 14.8 Å². The minimum atomic E-state index is 0.757. The first-order valence-corrected chi connectivity index (χ1v) is 7.32. The van der Waals surface area contributed by atoms with Crippen LogP contribution in [-0.4, -0.2) is 45.4 Å². The largest absolute Gasteiger partial charge is 0.496 e. The average molecular weight is 280 g/mol. The molecule has 4 heteroatoms. The number of likely N-dealkylation sites (N-methyl/N-ethyl adjacent to an activating group) is 1. The van der Waals surface area contributed by atoms with Crippen LogP contribution in [0.15, 0.2) is 18.2 Å². The minimum Gasteiger partial charge on any atom is -0.496 e. The van der Waals surface area contributed by atoms with E-state index in [1.54, 1.807) is 14.2 Å². The summed E-state index contributed by atoms with van der Waals surface area (Å²) in [6.07, 6.45) is 0. The molecule has 0 saturated carbocycles. The van der Waals surface area contributed by atoms with Gasteiger partial charge in [0.15, 0.2) is 0 Å². The monoisotopic (exact) mass is 280 g/mol. The standard InChI is InChI=1S/C16H28N2O2/c1-5-17-12-14-7-8-16(20-4)15(11-14)13-18(6-2)9-10-19-3/h7-8,11,17H,5-6,9-10,12-13H2,1-4H3. The first-order valence-electron chi connectivity index (χ1n) is 7.32. The van der Waals surface area contributed by atoms with E-state index in [1.165, 1.54) is 11.1 Å². The van der Waals surface area contributed by atoms with Crippen molar-refractivity contribution in [2.45, 2.75) is 26.9 Å². The van der Waals surface area contributed by atoms with Gasteiger partial charge in [0, 0.05) is 32.3 Å². The highest BCUT2D eigenvalue weighted by atomic mass is 16.5. The summed E-state index contributed by atoms with van der Waals surface area (Å²) >= 11 is 0. The van der Waals surface area contributed by atoms with Crippen molar-refractivity contribution < 1.29 is 9.47 Å². The van der Waals surface area contributed by atoms with Gasteiger partial charge in [-0.15, -0.1) is 0 Å². The zero-order valence-corrected chi connectivity index (χ0v) is 13.2. The van der Waals surface area contributed by atoms with E-state index in [9.17, 15) is 0 Å². The van der Waals surface area contributed by atoms with Crippen LogP contribution in [0.25, 0.3) is 0 Å². The van der Waals surface area contributed by atoms with Crippen molar-refractivity contribution in [2.75, 3.05) is 40.5 Å². The second-order valence-corrected chi connectivity index (χ2v) is 4.79. The quantitative estimate of drug-likeness (QED) is 0.713. The number of rotatable bonds is 10. The Morgan fingerprint density at radius 1 is 1.20 bits per heavy atom. The number of benzene rings is 1. The van der Waals surface area contributed by atoms with Gasteiger partial charge in [-0.3, -0.25) is 4.90 Å². The van der Waals surface area contributed by atoms with E-state index < -0.39 is 0 Å². The van der Waals surface area contributed by atoms with Gasteiger partial charge in [-0.1, -0.05) is 19.9 Å². The Balaban J connectivity index is 2.77. The number of hydrogen-bond donors (Lipinski definition) is 1. The van der Waals surface area contributed by atoms with Crippen molar-refractivity contribution in [2.24, 2.45) is 0 Å². The van der Waals surface area contributed by atoms with Crippen LogP contribution in [0, 0.1) is 0 Å². The van der Waals surface area contributed by atoms with Crippen molar-refractivity contribution in [3.8, 4) is 5.75 Å². The molecule has 0 aliphatic heterocycles. The highest BCUT2D eigenvalue weighted by molar-refractivity contribution is 5.37. The molecule has 0 amide bonds. The zero-order valence-electron chi connectivity index (χ0n) is 13.2. The Morgan fingerprint density at radius 2 is 2.00 bits per heavy atom. The average Bonchev–Trinajstić information content (AvgIpc) is 2.49. The molecule has 0 saturated heterocycles. The maximum atomic E-state index is 5.48. The Bertz CT molecular complexity index is 383. The van der Waals surface area contributed by atoms with Crippen LogP contribution >= 0.6 is 0 Å². The summed E-state index contributed by atoms with van der Waals surface area (Å²) in [5.74, 6) is 0.959. The zero-order chi connectivity index (χ0) is 14.8. The van der Waals surface area contributed by atoms with E-state index in [0.717, 1.165) is 45.1 Å². The van der Waals surface area contributed by atoms with Crippen molar-refractivity contribution in [3.63, 3.8) is 0 Å². The topological polar surface area (TPSA) is 33.7 Å². The summed E-state index contributed by atoms with van der Waals surface area (Å²) in [4.78, 5) is 2.36. The third kappa shape index (κ3) is 5.49. The van der Waals surface area contributed by atoms with Gasteiger partial charge in [-0.2, -0.15) is 0 Å². The number of nitrogens with one attached hydrogen (secondary N) is 1. The van der Waals surface area contributed by atoms with Crippen molar-refractivity contribution in [1.29, 1.82) is 0 Å². The lowest BCUT2D eigenvalue weighted by atomic mass is 10.1. The van der Waals surface area contributed by atoms with Crippen LogP contribution in [0.1, 0.15) is 25.0 Å². The predicted molar refractivity (Wildman–Crippen MR) is 83.2 cm³/mol. The molecule has 0 bridgehead atoms. The van der Waals surface area contributed by atoms with E-state index in [2.05, 4.69) is 42.3 Å². The number of methoxy groups -OCH3 is 2. The summed E-state index contributed by atoms with van der Waals surface area (Å²) in [6.45, 7) is 9.76. The lowest BCUT2D eigenvalue weighted by Crippen LogP contribution is -2.27. The molecule has 0 aliphatic carbocycles. The molecular formula is C16H28N2O2. The fraction of sp³-hybridized carbons (Fsp3) is 0.625. The normalized spacial score (nSPS) is 11.1. The lowest BCUT2D eigenvalue weighted by molar-refractivity contribution is 0.147. The molecule has 0 atom stereocenters. The molecule has 0 unspecified atom stereocenters. The van der Waals surface area contributed by atoms with Gasteiger partial charge in [-0.05, 0) is 30.8 Å². The van der Waals surface area contributed by atoms with E-state index >= 15 is 0 Å². The van der Waals surface area contributed by atoms with Gasteiger partial charge >= 0.3 is 0 Å². The van der Waals surface area contributed by atoms with Crippen LogP contribution in [-0.2, 0) is 17.8 Å². The highest BCUT2D eigenvalue weighted by Gasteiger charge is 2.09. The van der Waals surface area contributed by atoms with Gasteiger partial charge in [0.25, 0.3) is 0 Å². The second kappa shape index (κ2) is 9.75. The van der Waals surface area contributed by atoms with Crippen molar-refractivity contribution in [1.82, 2.24) is 10.2 Å². The third-order valence-electron chi connectivity index (χ3n) is 3.38. The molecule has 1 aromatic rings. The van der Waals surface area contributed by atoms with E-state index in [1.807, 2.05) is 0 Å². The molecule has 0 aliphatic rings. The second-order valence-electron chi connectivity index (χ2n) is 4.79. The van der Waals surface area contributed by atoms with E-state index in [4.69, 9.17) is 9.47 Å². The fourth-order valence-corrected chi connectivity index (χ4v) is 2.15. The summed E-state index contributed by atoms with van der Waals surface area (Å²) in [6, 6.07) is 6.42. The summed E-state index contributed by atoms with van der Waals surface area (Å²) in [5.41, 5.74) is 2.53. The molecule has 20 heavy (non-hydrogen) atoms. The fourth-order valence-electron chi connectivity index (χ4n) is 2.15. The lowest BCUT2D eigenvalue weighted by Gasteiger charge is -2.21. The van der Waals surface area contributed by atoms with Crippen LogP contribution in [0.4, 0.5) is 0 Å². The Labute approximate surface area is 123 Å². The van der Waals surface area contributed by atoms with Gasteiger partial charge in [0.2, 0.25) is 0 Å². The maximum Gasteiger partial charge on any atom is 0.123 e. The SMILES string of the molecule is CCNCc1ccc(OC)c(CN(CC)CCOC)c1. The number of ether oxygens (including phenoxy) is 2. The van der Waals surface area contributed by atoms with Crippen LogP contribution in [0.5, 0.6) is 5.75 Å². The first-order chi connectivity index (χ1) is 9.74. The molecule has 0 fully saturated rings. The van der Waals surface area contributed by atoms with Crippen LogP contribution in [0.3, 0.4) is 0 Å². The molecule has 114 valence electrons. The van der Waals surface area contributed by atoms with E-state index in [-0.39, 0.29) is 0 Å². The first kappa shape index (κ1) is 17.0. The van der Waals surface area contributed by atoms with Gasteiger partial charge in [0.05, 0.1) is 13.7 Å². The number of hydrogen-bond acceptors (Lipinski definition) is 4. The molecule has 0 spiro atoms. The molecule has 0 aromatic heterocycles.